The Labute approximate surface area is 298 Å². The van der Waals surface area contributed by atoms with E-state index in [9.17, 15) is 20.1 Å². The summed E-state index contributed by atoms with van der Waals surface area (Å²) in [6.45, 7) is 0.171. The average molecular weight is 746 g/mol. The zero-order valence-electron chi connectivity index (χ0n) is 25.3. The van der Waals surface area contributed by atoms with Crippen molar-refractivity contribution in [3.63, 3.8) is 0 Å². The minimum Gasteiger partial charge on any atom is -0.502 e. The second-order valence-corrected chi connectivity index (χ2v) is 12.7. The van der Waals surface area contributed by atoms with Gasteiger partial charge in [-0.2, -0.15) is 0 Å². The van der Waals surface area contributed by atoms with Crippen LogP contribution in [0.4, 0.5) is 0 Å². The molecule has 15 heteroatoms. The first kappa shape index (κ1) is 33.0. The minimum atomic E-state index is -1.47. The molecule has 5 aliphatic rings. The molecule has 1 radical (unpaired) electrons. The summed E-state index contributed by atoms with van der Waals surface area (Å²) < 4.78 is 52.6. The third kappa shape index (κ3) is 5.51. The Morgan fingerprint density at radius 1 is 0.915 bits per heavy atom. The fourth-order valence-electron chi connectivity index (χ4n) is 7.18. The minimum absolute atomic E-state index is 0. The van der Waals surface area contributed by atoms with Gasteiger partial charge in [-0.1, -0.05) is 6.07 Å². The molecule has 3 saturated heterocycles. The maximum Gasteiger partial charge on any atom is 0.310 e. The number of carbonyl (C=O) groups excluding carboxylic acids is 1. The van der Waals surface area contributed by atoms with Gasteiger partial charge in [-0.25, -0.2) is 0 Å². The molecule has 3 fully saturated rings. The fraction of sp³-hybridized carbons (Fsp3) is 0.469. The number of thiophene rings is 1. The summed E-state index contributed by atoms with van der Waals surface area (Å²) in [6, 6.07) is 10.7. The Morgan fingerprint density at radius 3 is 2.32 bits per heavy atom. The van der Waals surface area contributed by atoms with E-state index in [1.807, 2.05) is 23.6 Å². The number of aliphatic hydroxyl groups is 2. The number of phenolic OH excluding ortho intramolecular Hbond substituents is 1. The first-order chi connectivity index (χ1) is 22.4. The quantitative estimate of drug-likeness (QED) is 0.317. The molecule has 10 atom stereocenters. The van der Waals surface area contributed by atoms with Crippen LogP contribution in [-0.2, 0) is 61.2 Å². The van der Waals surface area contributed by atoms with E-state index in [1.165, 1.54) is 25.6 Å². The van der Waals surface area contributed by atoms with Crippen molar-refractivity contribution in [2.45, 2.75) is 49.0 Å². The van der Waals surface area contributed by atoms with E-state index in [-0.39, 0.29) is 70.0 Å². The number of fused-ring (bicyclic) bond motifs is 4. The van der Waals surface area contributed by atoms with Gasteiger partial charge in [0, 0.05) is 44.5 Å². The van der Waals surface area contributed by atoms with Gasteiger partial charge in [0.2, 0.25) is 12.5 Å². The molecule has 2 aromatic carbocycles. The predicted molar refractivity (Wildman–Crippen MR) is 156 cm³/mol. The van der Waals surface area contributed by atoms with Crippen LogP contribution in [0.3, 0.4) is 0 Å². The average Bonchev–Trinajstić information content (AvgIpc) is 3.85. The van der Waals surface area contributed by atoms with E-state index in [0.717, 1.165) is 4.88 Å². The molecule has 0 bridgehead atoms. The summed E-state index contributed by atoms with van der Waals surface area (Å²) in [5, 5.41) is 35.0. The van der Waals surface area contributed by atoms with E-state index in [2.05, 4.69) is 0 Å². The maximum atomic E-state index is 13.5. The van der Waals surface area contributed by atoms with E-state index in [0.29, 0.717) is 28.2 Å². The molecule has 247 valence electrons. The number of benzene rings is 2. The van der Waals surface area contributed by atoms with Gasteiger partial charge in [-0.05, 0) is 52.4 Å². The molecule has 0 amide bonds. The summed E-state index contributed by atoms with van der Waals surface area (Å²) in [7, 11) is 2.86. The molecule has 0 saturated carbocycles. The van der Waals surface area contributed by atoms with Crippen LogP contribution in [0.15, 0.2) is 41.8 Å². The van der Waals surface area contributed by atoms with Crippen LogP contribution < -0.4 is 18.9 Å². The van der Waals surface area contributed by atoms with Crippen molar-refractivity contribution in [1.82, 2.24) is 0 Å². The number of methoxy groups -OCH3 is 2. The number of aromatic hydroxyl groups is 1. The number of ether oxygens (including phenoxy) is 9. The molecule has 1 aromatic heterocycles. The zero-order chi connectivity index (χ0) is 31.7. The van der Waals surface area contributed by atoms with Crippen molar-refractivity contribution in [3.05, 3.63) is 63.3 Å². The summed E-state index contributed by atoms with van der Waals surface area (Å²) >= 11 is 1.46. The van der Waals surface area contributed by atoms with Crippen LogP contribution in [0.1, 0.15) is 39.9 Å². The number of rotatable bonds is 6. The molecule has 1 unspecified atom stereocenters. The van der Waals surface area contributed by atoms with Crippen LogP contribution in [0.5, 0.6) is 28.7 Å². The van der Waals surface area contributed by atoms with E-state index in [1.54, 1.807) is 18.2 Å². The van der Waals surface area contributed by atoms with Gasteiger partial charge >= 0.3 is 5.97 Å². The smallest absolute Gasteiger partial charge is 0.310 e. The van der Waals surface area contributed by atoms with Crippen LogP contribution in [0, 0.1) is 11.8 Å². The monoisotopic (exact) mass is 745 g/mol. The van der Waals surface area contributed by atoms with Crippen molar-refractivity contribution in [3.8, 4) is 28.7 Å². The number of esters is 1. The third-order valence-electron chi connectivity index (χ3n) is 9.37. The molecule has 3 aromatic rings. The second kappa shape index (κ2) is 13.1. The Morgan fingerprint density at radius 2 is 1.64 bits per heavy atom. The molecule has 0 spiro atoms. The Bertz CT molecular complexity index is 1610. The Balaban J connectivity index is 0.00000351. The number of carbonyl (C=O) groups is 1. The van der Waals surface area contributed by atoms with E-state index in [4.69, 9.17) is 42.6 Å². The zero-order valence-corrected chi connectivity index (χ0v) is 29.0. The number of hydrogen-bond donors (Lipinski definition) is 3. The number of cyclic esters (lactones) is 1. The van der Waals surface area contributed by atoms with Crippen LogP contribution >= 0.6 is 11.3 Å². The molecule has 3 N–H and O–H groups in total. The summed E-state index contributed by atoms with van der Waals surface area (Å²) in [5.74, 6) is -1.08. The second-order valence-electron chi connectivity index (χ2n) is 11.8. The van der Waals surface area contributed by atoms with E-state index >= 15 is 0 Å². The van der Waals surface area contributed by atoms with Crippen LogP contribution in [-0.4, -0.2) is 86.2 Å². The first-order valence-corrected chi connectivity index (χ1v) is 15.8. The SMILES string of the molecule is COc1cc(C2c3cc4c(cc3[C@@H](O[C@@H]3O[C@@H]5CO[C@@H](c6cccs6)O[C@H]5[C@H](O)[C@H]3O)[C@H]3COC(=O)[C@H]23)OCO4)cc(OC)c1O.[Y]. The summed E-state index contributed by atoms with van der Waals surface area (Å²) in [4.78, 5) is 14.3. The molecule has 8 rings (SSSR count). The number of phenols is 1. The molecule has 13 nitrogen and oxygen atoms in total. The van der Waals surface area contributed by atoms with Crippen molar-refractivity contribution < 1.29 is 95.5 Å². The van der Waals surface area contributed by atoms with Crippen molar-refractivity contribution >= 4 is 17.3 Å². The van der Waals surface area contributed by atoms with Gasteiger partial charge in [0.25, 0.3) is 0 Å². The van der Waals surface area contributed by atoms with Gasteiger partial charge < -0.3 is 58.0 Å². The first-order valence-electron chi connectivity index (χ1n) is 14.9. The molecule has 1 aliphatic carbocycles. The van der Waals surface area contributed by atoms with Crippen molar-refractivity contribution in [1.29, 1.82) is 0 Å². The third-order valence-corrected chi connectivity index (χ3v) is 10.3. The van der Waals surface area contributed by atoms with Gasteiger partial charge in [-0.3, -0.25) is 4.79 Å². The maximum absolute atomic E-state index is 13.5. The molecule has 4 aliphatic heterocycles. The standard InChI is InChI=1S/C32H32O13S.Y/c1-37-19-6-13(7-20(38-2)25(19)33)23-14-8-17-18(42-12-41-17)9-15(14)28(16-10-39-30(36)24(16)23)44-32-27(35)26(34)29-21(43-32)11-40-31(45-29)22-4-3-5-46-22;/h3-9,16,21,23-24,26-29,31-35H,10-12H2,1-2H3;/t16-,21+,23?,24-,26+,27+,28+,29+,31+,32-;/m0./s1. The van der Waals surface area contributed by atoms with Gasteiger partial charge in [0.1, 0.15) is 24.4 Å². The van der Waals surface area contributed by atoms with Gasteiger partial charge in [0.15, 0.2) is 35.6 Å². The summed E-state index contributed by atoms with van der Waals surface area (Å²) in [6.07, 6.45) is -7.16. The fourth-order valence-corrected chi connectivity index (χ4v) is 7.89. The van der Waals surface area contributed by atoms with Crippen LogP contribution in [0.25, 0.3) is 0 Å². The van der Waals surface area contributed by atoms with Crippen LogP contribution in [0.2, 0.25) is 0 Å². The predicted octanol–water partition coefficient (Wildman–Crippen LogP) is 2.75. The number of hydrogen-bond acceptors (Lipinski definition) is 14. The normalized spacial score (nSPS) is 33.6. The molecule has 47 heavy (non-hydrogen) atoms. The largest absolute Gasteiger partial charge is 0.502 e. The van der Waals surface area contributed by atoms with E-state index < -0.39 is 66.8 Å². The Hall–Kier alpha value is -2.53. The molecular weight excluding hydrogens is 713 g/mol. The van der Waals surface area contributed by atoms with Crippen molar-refractivity contribution in [2.75, 3.05) is 34.2 Å². The topological polar surface area (TPSA) is 161 Å². The Kier molecular flexibility index (Phi) is 9.17. The number of aliphatic hydroxyl groups excluding tert-OH is 2. The van der Waals surface area contributed by atoms with Crippen molar-refractivity contribution in [2.24, 2.45) is 11.8 Å². The van der Waals surface area contributed by atoms with Gasteiger partial charge in [0.05, 0.1) is 44.3 Å². The van der Waals surface area contributed by atoms with Gasteiger partial charge in [-0.15, -0.1) is 11.3 Å². The summed E-state index contributed by atoms with van der Waals surface area (Å²) in [5.41, 5.74) is 2.00. The molecular formula is C32H32O13SY. The molecule has 5 heterocycles.